The van der Waals surface area contributed by atoms with Gasteiger partial charge in [-0.2, -0.15) is 0 Å². The van der Waals surface area contributed by atoms with Crippen LogP contribution in [-0.4, -0.2) is 36.5 Å². The third-order valence-electron chi connectivity index (χ3n) is 2.10. The van der Waals surface area contributed by atoms with Crippen LogP contribution in [0.1, 0.15) is 5.69 Å². The monoisotopic (exact) mass is 240 g/mol. The molecule has 1 fully saturated rings. The molecule has 8 nitrogen and oxygen atoms in total. The Morgan fingerprint density at radius 3 is 3.12 bits per heavy atom. The number of nitrogens with zero attached hydrogens (tertiary/aromatic N) is 1. The molecule has 3 N–H and O–H groups in total. The predicted molar refractivity (Wildman–Crippen MR) is 56.5 cm³/mol. The lowest BCUT2D eigenvalue weighted by Crippen LogP contribution is -2.36. The highest BCUT2D eigenvalue weighted by Crippen LogP contribution is 2.07. The van der Waals surface area contributed by atoms with Crippen LogP contribution in [0.3, 0.4) is 0 Å². The van der Waals surface area contributed by atoms with E-state index in [-0.39, 0.29) is 18.5 Å². The Bertz CT molecular complexity index is 430. The maximum Gasteiger partial charge on any atom is 0.407 e. The quantitative estimate of drug-likeness (QED) is 0.700. The number of aromatic nitrogens is 1. The lowest BCUT2D eigenvalue weighted by molar-refractivity contribution is 0.140. The van der Waals surface area contributed by atoms with Crippen molar-refractivity contribution in [1.29, 1.82) is 0 Å². The number of ether oxygens (including phenoxy) is 1. The fourth-order valence-electron chi connectivity index (χ4n) is 1.33. The maximum absolute atomic E-state index is 11.4. The van der Waals surface area contributed by atoms with Gasteiger partial charge in [-0.05, 0) is 6.92 Å². The lowest BCUT2D eigenvalue weighted by atomic mass is 10.3. The first-order valence-corrected chi connectivity index (χ1v) is 5.06. The van der Waals surface area contributed by atoms with E-state index in [0.717, 1.165) is 0 Å². The second kappa shape index (κ2) is 4.73. The number of cyclic esters (lactones) is 1. The fourth-order valence-corrected chi connectivity index (χ4v) is 1.33. The molecule has 1 aromatic heterocycles. The minimum Gasteiger partial charge on any atom is -0.442 e. The molecule has 0 spiro atoms. The zero-order chi connectivity index (χ0) is 12.3. The van der Waals surface area contributed by atoms with Gasteiger partial charge in [0.15, 0.2) is 0 Å². The molecule has 0 aliphatic carbocycles. The Balaban J connectivity index is 1.72. The number of alkyl carbamates (subject to hydrolysis) is 1. The highest BCUT2D eigenvalue weighted by Gasteiger charge is 2.22. The van der Waals surface area contributed by atoms with E-state index in [2.05, 4.69) is 21.1 Å². The van der Waals surface area contributed by atoms with Crippen molar-refractivity contribution < 1.29 is 18.8 Å². The number of carbonyl (C=O) groups excluding carboxylic acids is 2. The van der Waals surface area contributed by atoms with Gasteiger partial charge in [0.05, 0.1) is 18.8 Å². The van der Waals surface area contributed by atoms with Crippen LogP contribution in [0.5, 0.6) is 0 Å². The molecule has 3 amide bonds. The van der Waals surface area contributed by atoms with Crippen molar-refractivity contribution in [1.82, 2.24) is 15.8 Å². The highest BCUT2D eigenvalue weighted by atomic mass is 16.6. The molecule has 1 aliphatic heterocycles. The van der Waals surface area contributed by atoms with E-state index in [9.17, 15) is 9.59 Å². The van der Waals surface area contributed by atoms with Gasteiger partial charge in [-0.3, -0.25) is 5.32 Å². The smallest absolute Gasteiger partial charge is 0.407 e. The summed E-state index contributed by atoms with van der Waals surface area (Å²) in [4.78, 5) is 22.1. The van der Waals surface area contributed by atoms with Crippen LogP contribution < -0.4 is 16.0 Å². The van der Waals surface area contributed by atoms with Crippen molar-refractivity contribution in [3.05, 3.63) is 11.8 Å². The van der Waals surface area contributed by atoms with Crippen molar-refractivity contribution >= 4 is 18.0 Å². The zero-order valence-corrected chi connectivity index (χ0v) is 9.15. The largest absolute Gasteiger partial charge is 0.442 e. The average Bonchev–Trinajstić information content (AvgIpc) is 2.85. The number of carbonyl (C=O) groups is 2. The van der Waals surface area contributed by atoms with Crippen LogP contribution in [0.4, 0.5) is 15.5 Å². The van der Waals surface area contributed by atoms with Crippen molar-refractivity contribution in [3.8, 4) is 0 Å². The van der Waals surface area contributed by atoms with E-state index in [0.29, 0.717) is 12.2 Å². The van der Waals surface area contributed by atoms with Crippen LogP contribution >= 0.6 is 0 Å². The van der Waals surface area contributed by atoms with E-state index in [4.69, 9.17) is 9.26 Å². The molecule has 0 bridgehead atoms. The third-order valence-corrected chi connectivity index (χ3v) is 2.10. The number of rotatable bonds is 3. The third kappa shape index (κ3) is 3.10. The molecule has 1 atom stereocenters. The van der Waals surface area contributed by atoms with E-state index in [1.165, 1.54) is 0 Å². The SMILES string of the molecule is Cc1cc(NC(=O)NCC2CNC(=O)O2)on1. The molecule has 1 aromatic rings. The van der Waals surface area contributed by atoms with Crippen molar-refractivity contribution in [3.63, 3.8) is 0 Å². The second-order valence-corrected chi connectivity index (χ2v) is 3.58. The number of hydrogen-bond acceptors (Lipinski definition) is 5. The molecule has 1 unspecified atom stereocenters. The molecular weight excluding hydrogens is 228 g/mol. The van der Waals surface area contributed by atoms with Crippen LogP contribution in [0.25, 0.3) is 0 Å². The molecule has 1 aliphatic rings. The van der Waals surface area contributed by atoms with Crippen LogP contribution in [0, 0.1) is 6.92 Å². The molecule has 2 rings (SSSR count). The van der Waals surface area contributed by atoms with Crippen LogP contribution in [-0.2, 0) is 4.74 Å². The minimum atomic E-state index is -0.469. The Morgan fingerprint density at radius 1 is 1.71 bits per heavy atom. The first-order valence-electron chi connectivity index (χ1n) is 5.06. The molecule has 92 valence electrons. The number of anilines is 1. The molecule has 8 heteroatoms. The summed E-state index contributed by atoms with van der Waals surface area (Å²) >= 11 is 0. The Labute approximate surface area is 96.7 Å². The molecule has 17 heavy (non-hydrogen) atoms. The second-order valence-electron chi connectivity index (χ2n) is 3.58. The molecule has 0 aromatic carbocycles. The van der Waals surface area contributed by atoms with Crippen molar-refractivity contribution in [2.75, 3.05) is 18.4 Å². The summed E-state index contributed by atoms with van der Waals surface area (Å²) in [5.41, 5.74) is 0.675. The summed E-state index contributed by atoms with van der Waals surface area (Å²) in [5, 5.41) is 11.1. The maximum atomic E-state index is 11.4. The van der Waals surface area contributed by atoms with E-state index < -0.39 is 12.1 Å². The summed E-state index contributed by atoms with van der Waals surface area (Å²) in [6.45, 7) is 2.37. The van der Waals surface area contributed by atoms with Gasteiger partial charge in [0.2, 0.25) is 5.88 Å². The van der Waals surface area contributed by atoms with Gasteiger partial charge in [-0.15, -0.1) is 0 Å². The summed E-state index contributed by atoms with van der Waals surface area (Å²) in [5.74, 6) is 0.265. The molecule has 2 heterocycles. The predicted octanol–water partition coefficient (Wildman–Crippen LogP) is 0.213. The van der Waals surface area contributed by atoms with E-state index in [1.807, 2.05) is 0 Å². The van der Waals surface area contributed by atoms with E-state index >= 15 is 0 Å². The first-order chi connectivity index (χ1) is 8.13. The molecule has 0 saturated carbocycles. The summed E-state index contributed by atoms with van der Waals surface area (Å²) in [7, 11) is 0. The Kier molecular flexibility index (Phi) is 3.12. The van der Waals surface area contributed by atoms with Gasteiger partial charge < -0.3 is 19.9 Å². The number of amides is 3. The number of urea groups is 1. The number of nitrogens with one attached hydrogen (secondary N) is 3. The fraction of sp³-hybridized carbons (Fsp3) is 0.444. The number of hydrogen-bond donors (Lipinski definition) is 3. The lowest BCUT2D eigenvalue weighted by Gasteiger charge is -2.08. The number of aryl methyl sites for hydroxylation is 1. The van der Waals surface area contributed by atoms with Crippen LogP contribution in [0.15, 0.2) is 10.6 Å². The normalized spacial score (nSPS) is 18.4. The summed E-state index contributed by atoms with van der Waals surface area (Å²) < 4.78 is 9.64. The molecule has 0 radical (unpaired) electrons. The highest BCUT2D eigenvalue weighted by molar-refractivity contribution is 5.87. The van der Waals surface area contributed by atoms with Gasteiger partial charge in [-0.25, -0.2) is 9.59 Å². The Morgan fingerprint density at radius 2 is 2.53 bits per heavy atom. The zero-order valence-electron chi connectivity index (χ0n) is 9.15. The van der Waals surface area contributed by atoms with Crippen molar-refractivity contribution in [2.45, 2.75) is 13.0 Å². The van der Waals surface area contributed by atoms with Gasteiger partial charge in [0.25, 0.3) is 0 Å². The topological polar surface area (TPSA) is 105 Å². The molecular formula is C9H12N4O4. The van der Waals surface area contributed by atoms with Gasteiger partial charge in [0.1, 0.15) is 6.10 Å². The van der Waals surface area contributed by atoms with Crippen LogP contribution in [0.2, 0.25) is 0 Å². The summed E-state index contributed by atoms with van der Waals surface area (Å²) in [6.07, 6.45) is -0.812. The van der Waals surface area contributed by atoms with E-state index in [1.54, 1.807) is 13.0 Å². The average molecular weight is 240 g/mol. The van der Waals surface area contributed by atoms with Crippen molar-refractivity contribution in [2.24, 2.45) is 0 Å². The minimum absolute atomic E-state index is 0.234. The Hall–Kier alpha value is -2.25. The first kappa shape index (κ1) is 11.2. The van der Waals surface area contributed by atoms with Gasteiger partial charge in [0, 0.05) is 6.07 Å². The molecule has 1 saturated heterocycles. The summed E-state index contributed by atoms with van der Waals surface area (Å²) in [6, 6.07) is 1.15. The van der Waals surface area contributed by atoms with Gasteiger partial charge in [-0.1, -0.05) is 5.16 Å². The van der Waals surface area contributed by atoms with Gasteiger partial charge >= 0.3 is 12.1 Å². The standard InChI is InChI=1S/C9H12N4O4/c1-5-2-7(17-13-5)12-8(14)10-3-6-4-11-9(15)16-6/h2,6H,3-4H2,1H3,(H,11,15)(H2,10,12,14).